The Balaban J connectivity index is 1.57. The van der Waals surface area contributed by atoms with Gasteiger partial charge in [-0.05, 0) is 126 Å². The van der Waals surface area contributed by atoms with E-state index in [2.05, 4.69) is 120 Å². The number of phenolic OH excluding ortho intramolecular Hbond substituents is 1. The van der Waals surface area contributed by atoms with Crippen LogP contribution >= 0.6 is 0 Å². The zero-order valence-corrected chi connectivity index (χ0v) is 42.5. The maximum Gasteiger partial charge on any atom is 0.119 e. The molecule has 4 aromatic rings. The molecule has 4 rings (SSSR count). The summed E-state index contributed by atoms with van der Waals surface area (Å²) >= 11 is 0. The molecule has 1 nitrogen and oxygen atoms in total. The number of phenols is 1. The normalized spacial score (nSPS) is 13.0. The van der Waals surface area contributed by atoms with E-state index in [4.69, 9.17) is 0 Å². The number of aryl methyl sites for hydroxylation is 3. The molecule has 0 saturated heterocycles. The lowest BCUT2D eigenvalue weighted by Gasteiger charge is -2.29. The lowest BCUT2D eigenvalue weighted by molar-refractivity contribution is 0.458. The van der Waals surface area contributed by atoms with Gasteiger partial charge in [0.2, 0.25) is 0 Å². The number of hydrogen-bond donors (Lipinski definition) is 1. The molecule has 0 saturated carbocycles. The molecule has 354 valence electrons. The highest BCUT2D eigenvalue weighted by Gasteiger charge is 2.27. The van der Waals surface area contributed by atoms with Crippen LogP contribution in [0.4, 0.5) is 0 Å². The predicted molar refractivity (Wildman–Crippen MR) is 283 cm³/mol. The van der Waals surface area contributed by atoms with Crippen molar-refractivity contribution in [3.8, 4) is 5.75 Å². The van der Waals surface area contributed by atoms with E-state index in [0.717, 1.165) is 32.1 Å². The molecule has 0 aliphatic rings. The van der Waals surface area contributed by atoms with Gasteiger partial charge in [0.25, 0.3) is 0 Å². The minimum absolute atomic E-state index is 0.200. The van der Waals surface area contributed by atoms with Crippen molar-refractivity contribution in [3.05, 3.63) is 135 Å². The van der Waals surface area contributed by atoms with Crippen molar-refractivity contribution in [2.75, 3.05) is 0 Å². The van der Waals surface area contributed by atoms with E-state index < -0.39 is 0 Å². The first kappa shape index (κ1) is 53.3. The molecule has 0 bridgehead atoms. The fourth-order valence-corrected chi connectivity index (χ4v) is 10.8. The van der Waals surface area contributed by atoms with Crippen LogP contribution in [0.3, 0.4) is 0 Å². The SMILES string of the molecule is CCCCCCCCCCc1ccccc1CC(C)c1ccc(O)c(C(C)Cc2ccccc2CCCCCCCCCC)c1C(C)Cc1ccccc1CCCCCCCCCC. The van der Waals surface area contributed by atoms with Crippen molar-refractivity contribution in [2.24, 2.45) is 0 Å². The fourth-order valence-electron chi connectivity index (χ4n) is 10.8. The molecule has 1 heteroatoms. The van der Waals surface area contributed by atoms with E-state index in [1.54, 1.807) is 0 Å². The molecular formula is C63H96O. The van der Waals surface area contributed by atoms with Gasteiger partial charge in [-0.25, -0.2) is 0 Å². The maximum atomic E-state index is 12.0. The van der Waals surface area contributed by atoms with Crippen molar-refractivity contribution in [1.82, 2.24) is 0 Å². The number of benzene rings is 4. The number of hydrogen-bond acceptors (Lipinski definition) is 1. The minimum Gasteiger partial charge on any atom is -0.508 e. The summed E-state index contributed by atoms with van der Waals surface area (Å²) in [6, 6.07) is 32.1. The predicted octanol–water partition coefficient (Wildman–Crippen LogP) is 19.5. The van der Waals surface area contributed by atoms with E-state index in [9.17, 15) is 5.11 Å². The average Bonchev–Trinajstić information content (AvgIpc) is 3.30. The van der Waals surface area contributed by atoms with E-state index in [1.807, 2.05) is 6.07 Å². The third-order valence-corrected chi connectivity index (χ3v) is 14.6. The van der Waals surface area contributed by atoms with Gasteiger partial charge in [-0.3, -0.25) is 0 Å². The van der Waals surface area contributed by atoms with Gasteiger partial charge in [0.1, 0.15) is 5.75 Å². The lowest BCUT2D eigenvalue weighted by atomic mass is 9.76. The zero-order chi connectivity index (χ0) is 45.6. The summed E-state index contributed by atoms with van der Waals surface area (Å²) in [5, 5.41) is 12.0. The van der Waals surface area contributed by atoms with Gasteiger partial charge in [0.05, 0.1) is 0 Å². The van der Waals surface area contributed by atoms with Gasteiger partial charge >= 0.3 is 0 Å². The molecule has 0 radical (unpaired) electrons. The van der Waals surface area contributed by atoms with Crippen molar-refractivity contribution >= 4 is 0 Å². The highest BCUT2D eigenvalue weighted by atomic mass is 16.3. The van der Waals surface area contributed by atoms with E-state index in [1.165, 1.54) is 211 Å². The molecule has 1 N–H and O–H groups in total. The van der Waals surface area contributed by atoms with Crippen LogP contribution in [0.25, 0.3) is 0 Å². The molecule has 64 heavy (non-hydrogen) atoms. The first-order valence-electron chi connectivity index (χ1n) is 27.4. The van der Waals surface area contributed by atoms with Gasteiger partial charge in [-0.2, -0.15) is 0 Å². The van der Waals surface area contributed by atoms with Crippen molar-refractivity contribution in [1.29, 1.82) is 0 Å². The Hall–Kier alpha value is -3.32. The molecule has 4 aromatic carbocycles. The van der Waals surface area contributed by atoms with Crippen molar-refractivity contribution in [2.45, 2.75) is 252 Å². The third kappa shape index (κ3) is 19.3. The Labute approximate surface area is 396 Å². The Morgan fingerprint density at radius 1 is 0.312 bits per heavy atom. The molecule has 0 aromatic heterocycles. The summed E-state index contributed by atoms with van der Waals surface area (Å²) in [6.07, 6.45) is 38.9. The Morgan fingerprint density at radius 2 is 0.594 bits per heavy atom. The van der Waals surface area contributed by atoms with Crippen LogP contribution in [0.1, 0.15) is 263 Å². The lowest BCUT2D eigenvalue weighted by Crippen LogP contribution is -2.14. The number of rotatable bonds is 36. The fraction of sp³-hybridized carbons (Fsp3) is 0.619. The molecule has 3 unspecified atom stereocenters. The van der Waals surface area contributed by atoms with E-state index in [-0.39, 0.29) is 11.8 Å². The van der Waals surface area contributed by atoms with Crippen LogP contribution < -0.4 is 0 Å². The summed E-state index contributed by atoms with van der Waals surface area (Å²) in [7, 11) is 0. The summed E-state index contributed by atoms with van der Waals surface area (Å²) in [5.74, 6) is 1.30. The quantitative estimate of drug-likeness (QED) is 0.0452. The average molecular weight is 869 g/mol. The molecule has 3 atom stereocenters. The monoisotopic (exact) mass is 869 g/mol. The third-order valence-electron chi connectivity index (χ3n) is 14.6. The molecule has 0 amide bonds. The van der Waals surface area contributed by atoms with Gasteiger partial charge in [0, 0.05) is 5.56 Å². The second kappa shape index (κ2) is 32.4. The summed E-state index contributed by atoms with van der Waals surface area (Å²) in [4.78, 5) is 0. The molecule has 0 aliphatic carbocycles. The minimum atomic E-state index is 0.200. The first-order chi connectivity index (χ1) is 31.4. The maximum absolute atomic E-state index is 12.0. The Morgan fingerprint density at radius 3 is 0.938 bits per heavy atom. The van der Waals surface area contributed by atoms with Crippen molar-refractivity contribution in [3.63, 3.8) is 0 Å². The van der Waals surface area contributed by atoms with Gasteiger partial charge in [0.15, 0.2) is 0 Å². The second-order valence-electron chi connectivity index (χ2n) is 20.3. The van der Waals surface area contributed by atoms with Gasteiger partial charge < -0.3 is 5.11 Å². The Kier molecular flexibility index (Phi) is 27.0. The largest absolute Gasteiger partial charge is 0.508 e. The van der Waals surface area contributed by atoms with Gasteiger partial charge in [-0.15, -0.1) is 0 Å². The highest BCUT2D eigenvalue weighted by Crippen LogP contribution is 2.42. The summed E-state index contributed by atoms with van der Waals surface area (Å²) < 4.78 is 0. The summed E-state index contributed by atoms with van der Waals surface area (Å²) in [5.41, 5.74) is 13.0. The van der Waals surface area contributed by atoms with Crippen LogP contribution in [0.2, 0.25) is 0 Å². The first-order valence-corrected chi connectivity index (χ1v) is 27.4. The van der Waals surface area contributed by atoms with Crippen LogP contribution in [-0.4, -0.2) is 5.11 Å². The van der Waals surface area contributed by atoms with Crippen LogP contribution in [0.15, 0.2) is 84.9 Å². The molecular weight excluding hydrogens is 773 g/mol. The summed E-state index contributed by atoms with van der Waals surface area (Å²) in [6.45, 7) is 14.2. The molecule has 0 spiro atoms. The molecule has 0 aliphatic heterocycles. The van der Waals surface area contributed by atoms with Gasteiger partial charge in [-0.1, -0.05) is 255 Å². The topological polar surface area (TPSA) is 20.2 Å². The second-order valence-corrected chi connectivity index (χ2v) is 20.3. The zero-order valence-electron chi connectivity index (χ0n) is 42.5. The van der Waals surface area contributed by atoms with E-state index in [0.29, 0.717) is 11.7 Å². The molecule has 0 fully saturated rings. The highest BCUT2D eigenvalue weighted by molar-refractivity contribution is 5.51. The Bertz CT molecular complexity index is 1800. The van der Waals surface area contributed by atoms with Crippen LogP contribution in [0.5, 0.6) is 5.75 Å². The van der Waals surface area contributed by atoms with Crippen LogP contribution in [-0.2, 0) is 38.5 Å². The smallest absolute Gasteiger partial charge is 0.119 e. The van der Waals surface area contributed by atoms with Crippen molar-refractivity contribution < 1.29 is 5.11 Å². The number of aromatic hydroxyl groups is 1. The molecule has 0 heterocycles. The van der Waals surface area contributed by atoms with Crippen LogP contribution in [0, 0.1) is 0 Å². The van der Waals surface area contributed by atoms with E-state index >= 15 is 0 Å². The number of unbranched alkanes of at least 4 members (excludes halogenated alkanes) is 21. The standard InChI is InChI=1S/C63H96O/c1-7-10-13-16-19-22-25-28-37-54-40-31-34-43-57(54)48-51(4)60-46-47-61(64)63(53(6)50-59-45-36-33-42-56(59)39-30-27-24-21-18-15-12-9-3)62(60)52(5)49-58-44-35-32-41-55(58)38-29-26-23-20-17-14-11-8-2/h31-36,40-47,51-53,64H,7-30,37-39,48-50H2,1-6H3.